The summed E-state index contributed by atoms with van der Waals surface area (Å²) in [5.74, 6) is 0. The van der Waals surface area contributed by atoms with Gasteiger partial charge < -0.3 is 5.32 Å². The lowest BCUT2D eigenvalue weighted by Gasteiger charge is -2.46. The molecule has 1 fully saturated rings. The average molecular weight is 287 g/mol. The molecule has 0 saturated heterocycles. The van der Waals surface area contributed by atoms with Crippen molar-refractivity contribution in [3.63, 3.8) is 0 Å². The Bertz CT molecular complexity index is 416. The lowest BCUT2D eigenvalue weighted by atomic mass is 9.63. The summed E-state index contributed by atoms with van der Waals surface area (Å²) in [4.78, 5) is 0. The molecule has 1 aromatic rings. The Morgan fingerprint density at radius 3 is 2.14 bits per heavy atom. The maximum atomic E-state index is 3.97. The fourth-order valence-corrected chi connectivity index (χ4v) is 4.52. The SMILES string of the molecule is CCC(Cc1ccccc1)NC1CC(C)(C)CC(C)(C)C1. The quantitative estimate of drug-likeness (QED) is 0.784. The summed E-state index contributed by atoms with van der Waals surface area (Å²) < 4.78 is 0. The van der Waals surface area contributed by atoms with Crippen LogP contribution >= 0.6 is 0 Å². The van der Waals surface area contributed by atoms with Crippen LogP contribution in [-0.4, -0.2) is 12.1 Å². The molecule has 0 spiro atoms. The van der Waals surface area contributed by atoms with E-state index in [1.807, 2.05) is 0 Å². The Hall–Kier alpha value is -0.820. The summed E-state index contributed by atoms with van der Waals surface area (Å²) in [5.41, 5.74) is 2.38. The normalized spacial score (nSPS) is 22.9. The molecule has 2 rings (SSSR count). The van der Waals surface area contributed by atoms with Gasteiger partial charge in [-0.3, -0.25) is 0 Å². The first-order valence-corrected chi connectivity index (χ1v) is 8.60. The van der Waals surface area contributed by atoms with E-state index in [9.17, 15) is 0 Å². The van der Waals surface area contributed by atoms with Crippen LogP contribution < -0.4 is 5.32 Å². The van der Waals surface area contributed by atoms with Gasteiger partial charge >= 0.3 is 0 Å². The van der Waals surface area contributed by atoms with Gasteiger partial charge in [0.05, 0.1) is 0 Å². The van der Waals surface area contributed by atoms with Crippen LogP contribution in [0.4, 0.5) is 0 Å². The van der Waals surface area contributed by atoms with Gasteiger partial charge in [-0.25, -0.2) is 0 Å². The lowest BCUT2D eigenvalue weighted by Crippen LogP contribution is -2.48. The van der Waals surface area contributed by atoms with E-state index in [2.05, 4.69) is 70.3 Å². The van der Waals surface area contributed by atoms with E-state index in [-0.39, 0.29) is 0 Å². The van der Waals surface area contributed by atoms with E-state index in [0.717, 1.165) is 6.42 Å². The van der Waals surface area contributed by atoms with Crippen molar-refractivity contribution in [2.75, 3.05) is 0 Å². The summed E-state index contributed by atoms with van der Waals surface area (Å²) in [6.07, 6.45) is 6.30. The highest BCUT2D eigenvalue weighted by molar-refractivity contribution is 5.16. The van der Waals surface area contributed by atoms with Gasteiger partial charge in [0.2, 0.25) is 0 Å². The summed E-state index contributed by atoms with van der Waals surface area (Å²) >= 11 is 0. The molecule has 1 aromatic carbocycles. The van der Waals surface area contributed by atoms with Crippen LogP contribution in [0.5, 0.6) is 0 Å². The van der Waals surface area contributed by atoms with Crippen LogP contribution in [0, 0.1) is 10.8 Å². The first-order valence-electron chi connectivity index (χ1n) is 8.60. The Morgan fingerprint density at radius 2 is 1.62 bits per heavy atom. The van der Waals surface area contributed by atoms with E-state index in [1.165, 1.54) is 31.2 Å². The molecule has 1 aliphatic rings. The van der Waals surface area contributed by atoms with Crippen molar-refractivity contribution in [1.82, 2.24) is 5.32 Å². The van der Waals surface area contributed by atoms with Gasteiger partial charge in [-0.05, 0) is 48.5 Å². The zero-order valence-electron chi connectivity index (χ0n) is 14.6. The van der Waals surface area contributed by atoms with Gasteiger partial charge in [0, 0.05) is 12.1 Å². The van der Waals surface area contributed by atoms with Gasteiger partial charge in [-0.15, -0.1) is 0 Å². The molecule has 0 bridgehead atoms. The monoisotopic (exact) mass is 287 g/mol. The molecule has 0 heterocycles. The van der Waals surface area contributed by atoms with E-state index in [1.54, 1.807) is 0 Å². The molecule has 1 saturated carbocycles. The predicted octanol–water partition coefficient (Wildman–Crippen LogP) is 5.20. The molecule has 0 amide bonds. The largest absolute Gasteiger partial charge is 0.311 e. The van der Waals surface area contributed by atoms with Gasteiger partial charge in [-0.2, -0.15) is 0 Å². The fraction of sp³-hybridized carbons (Fsp3) is 0.700. The first kappa shape index (κ1) is 16.5. The third-order valence-electron chi connectivity index (χ3n) is 4.84. The van der Waals surface area contributed by atoms with Crippen molar-refractivity contribution >= 4 is 0 Å². The standard InChI is InChI=1S/C20H33N/c1-6-17(12-16-10-8-7-9-11-16)21-18-13-19(2,3)15-20(4,5)14-18/h7-11,17-18,21H,6,12-15H2,1-5H3. The number of benzene rings is 1. The van der Waals surface area contributed by atoms with Gasteiger partial charge in [-0.1, -0.05) is 65.0 Å². The number of hydrogen-bond acceptors (Lipinski definition) is 1. The Morgan fingerprint density at radius 1 is 1.05 bits per heavy atom. The maximum Gasteiger partial charge on any atom is 0.0107 e. The molecule has 1 N–H and O–H groups in total. The number of nitrogens with one attached hydrogen (secondary N) is 1. The van der Waals surface area contributed by atoms with E-state index in [4.69, 9.17) is 0 Å². The Labute approximate surface area is 131 Å². The highest BCUT2D eigenvalue weighted by Gasteiger charge is 2.38. The zero-order chi connectivity index (χ0) is 15.5. The van der Waals surface area contributed by atoms with E-state index < -0.39 is 0 Å². The zero-order valence-corrected chi connectivity index (χ0v) is 14.6. The second-order valence-corrected chi connectivity index (χ2v) is 8.57. The summed E-state index contributed by atoms with van der Waals surface area (Å²) in [5, 5.41) is 3.97. The van der Waals surface area contributed by atoms with Crippen LogP contribution in [-0.2, 0) is 6.42 Å². The topological polar surface area (TPSA) is 12.0 Å². The Balaban J connectivity index is 1.98. The predicted molar refractivity (Wildman–Crippen MR) is 92.6 cm³/mol. The van der Waals surface area contributed by atoms with E-state index in [0.29, 0.717) is 22.9 Å². The number of hydrogen-bond donors (Lipinski definition) is 1. The smallest absolute Gasteiger partial charge is 0.0107 e. The molecule has 0 aromatic heterocycles. The molecule has 1 atom stereocenters. The van der Waals surface area contributed by atoms with Gasteiger partial charge in [0.25, 0.3) is 0 Å². The van der Waals surface area contributed by atoms with E-state index >= 15 is 0 Å². The van der Waals surface area contributed by atoms with Crippen LogP contribution in [0.15, 0.2) is 30.3 Å². The third-order valence-corrected chi connectivity index (χ3v) is 4.84. The molecule has 1 aliphatic carbocycles. The minimum absolute atomic E-state index is 0.463. The highest BCUT2D eigenvalue weighted by atomic mass is 15.0. The minimum Gasteiger partial charge on any atom is -0.311 e. The first-order chi connectivity index (χ1) is 9.80. The van der Waals surface area contributed by atoms with Crippen LogP contribution in [0.2, 0.25) is 0 Å². The maximum absolute atomic E-state index is 3.97. The molecule has 21 heavy (non-hydrogen) atoms. The number of rotatable bonds is 5. The van der Waals surface area contributed by atoms with Crippen LogP contribution in [0.3, 0.4) is 0 Å². The molecular formula is C20H33N. The molecular weight excluding hydrogens is 254 g/mol. The minimum atomic E-state index is 0.463. The molecule has 1 unspecified atom stereocenters. The van der Waals surface area contributed by atoms with Crippen molar-refractivity contribution in [3.8, 4) is 0 Å². The Kier molecular flexibility index (Phi) is 5.14. The molecule has 0 radical (unpaired) electrons. The molecule has 1 heteroatoms. The van der Waals surface area contributed by atoms with Crippen molar-refractivity contribution < 1.29 is 0 Å². The van der Waals surface area contributed by atoms with Gasteiger partial charge in [0.1, 0.15) is 0 Å². The van der Waals surface area contributed by atoms with Gasteiger partial charge in [0.15, 0.2) is 0 Å². The lowest BCUT2D eigenvalue weighted by molar-refractivity contribution is 0.0799. The van der Waals surface area contributed by atoms with Crippen LogP contribution in [0.1, 0.15) is 65.9 Å². The van der Waals surface area contributed by atoms with Crippen molar-refractivity contribution in [3.05, 3.63) is 35.9 Å². The highest BCUT2D eigenvalue weighted by Crippen LogP contribution is 2.45. The third kappa shape index (κ3) is 5.14. The van der Waals surface area contributed by atoms with Crippen LogP contribution in [0.25, 0.3) is 0 Å². The summed E-state index contributed by atoms with van der Waals surface area (Å²) in [6, 6.07) is 12.2. The van der Waals surface area contributed by atoms with Crippen molar-refractivity contribution in [1.29, 1.82) is 0 Å². The summed E-state index contributed by atoms with van der Waals surface area (Å²) in [6.45, 7) is 12.0. The molecule has 118 valence electrons. The molecule has 1 nitrogen and oxygen atoms in total. The average Bonchev–Trinajstić information content (AvgIpc) is 2.35. The molecule has 0 aliphatic heterocycles. The summed E-state index contributed by atoms with van der Waals surface area (Å²) in [7, 11) is 0. The second kappa shape index (κ2) is 6.52. The van der Waals surface area contributed by atoms with Crippen molar-refractivity contribution in [2.24, 2.45) is 10.8 Å². The second-order valence-electron chi connectivity index (χ2n) is 8.57. The fourth-order valence-electron chi connectivity index (χ4n) is 4.52. The van der Waals surface area contributed by atoms with Crippen molar-refractivity contribution in [2.45, 2.75) is 78.8 Å².